The van der Waals surface area contributed by atoms with Crippen molar-refractivity contribution in [3.05, 3.63) is 23.3 Å². The van der Waals surface area contributed by atoms with E-state index in [1.54, 1.807) is 6.40 Å². The lowest BCUT2D eigenvalue weighted by molar-refractivity contribution is 0.247. The van der Waals surface area contributed by atoms with Gasteiger partial charge in [-0.25, -0.2) is 4.99 Å². The van der Waals surface area contributed by atoms with E-state index >= 15 is 0 Å². The lowest BCUT2D eigenvalue weighted by Gasteiger charge is -2.21. The van der Waals surface area contributed by atoms with Crippen LogP contribution >= 0.6 is 0 Å². The van der Waals surface area contributed by atoms with Crippen LogP contribution in [0.1, 0.15) is 13.8 Å². The van der Waals surface area contributed by atoms with Crippen molar-refractivity contribution in [3.8, 4) is 0 Å². The van der Waals surface area contributed by atoms with Crippen molar-refractivity contribution in [2.24, 2.45) is 4.99 Å². The quantitative estimate of drug-likeness (QED) is 0.513. The Morgan fingerprint density at radius 2 is 2.00 bits per heavy atom. The number of ether oxygens (including phenoxy) is 1. The van der Waals surface area contributed by atoms with Gasteiger partial charge in [-0.05, 0) is 25.0 Å². The number of aliphatic imine (C=N–C) groups is 1. The fourth-order valence-electron chi connectivity index (χ4n) is 1.49. The molecule has 2 atom stereocenters. The molecule has 2 nitrogen and oxygen atoms in total. The van der Waals surface area contributed by atoms with Crippen LogP contribution in [0.3, 0.4) is 0 Å². The van der Waals surface area contributed by atoms with Gasteiger partial charge in [0.05, 0.1) is 0 Å². The van der Waals surface area contributed by atoms with E-state index in [4.69, 9.17) is 4.74 Å². The molecule has 0 aromatic rings. The van der Waals surface area contributed by atoms with E-state index < -0.39 is 0 Å². The van der Waals surface area contributed by atoms with Gasteiger partial charge < -0.3 is 4.74 Å². The number of fused-ring (bicyclic) bond motifs is 1. The maximum atomic E-state index is 5.34. The van der Waals surface area contributed by atoms with Gasteiger partial charge in [-0.1, -0.05) is 12.2 Å². The van der Waals surface area contributed by atoms with Gasteiger partial charge in [0.1, 0.15) is 12.1 Å². The first-order valence-corrected chi connectivity index (χ1v) is 3.81. The molecule has 11 heavy (non-hydrogen) atoms. The minimum Gasteiger partial charge on any atom is -0.473 e. The first kappa shape index (κ1) is 6.65. The third kappa shape index (κ3) is 0.897. The molecule has 2 aliphatic rings. The molecule has 0 saturated heterocycles. The number of allylic oxidation sites excluding steroid dienone is 2. The molecule has 2 unspecified atom stereocenters. The first-order valence-electron chi connectivity index (χ1n) is 3.81. The van der Waals surface area contributed by atoms with E-state index in [9.17, 15) is 0 Å². The van der Waals surface area contributed by atoms with Gasteiger partial charge in [-0.15, -0.1) is 0 Å². The molecular weight excluding hydrogens is 138 g/mol. The summed E-state index contributed by atoms with van der Waals surface area (Å²) in [6.07, 6.45) is 5.96. The van der Waals surface area contributed by atoms with Crippen LogP contribution in [0.5, 0.6) is 0 Å². The predicted molar refractivity (Wildman–Crippen MR) is 44.7 cm³/mol. The normalized spacial score (nSPS) is 34.0. The maximum Gasteiger partial charge on any atom is 0.171 e. The fraction of sp³-hybridized carbons (Fsp3) is 0.444. The highest BCUT2D eigenvalue weighted by atomic mass is 16.5. The number of hydrogen-bond acceptors (Lipinski definition) is 2. The van der Waals surface area contributed by atoms with Crippen molar-refractivity contribution in [2.75, 3.05) is 0 Å². The highest BCUT2D eigenvalue weighted by molar-refractivity contribution is 5.54. The minimum absolute atomic E-state index is 0.181. The van der Waals surface area contributed by atoms with Gasteiger partial charge in [-0.2, -0.15) is 0 Å². The summed E-state index contributed by atoms with van der Waals surface area (Å²) in [7, 11) is 0. The van der Waals surface area contributed by atoms with Crippen LogP contribution in [-0.2, 0) is 4.74 Å². The Bertz CT molecular complexity index is 263. The molecule has 0 saturated carbocycles. The Hall–Kier alpha value is -1.05. The molecule has 0 amide bonds. The summed E-state index contributed by atoms with van der Waals surface area (Å²) in [6.45, 7) is 4.17. The zero-order valence-corrected chi connectivity index (χ0v) is 6.74. The third-order valence-electron chi connectivity index (χ3n) is 2.24. The summed E-state index contributed by atoms with van der Waals surface area (Å²) >= 11 is 0. The highest BCUT2D eigenvalue weighted by Gasteiger charge is 2.30. The second-order valence-corrected chi connectivity index (χ2v) is 3.08. The highest BCUT2D eigenvalue weighted by Crippen LogP contribution is 2.27. The first-order chi connectivity index (χ1) is 5.29. The molecule has 0 fully saturated rings. The van der Waals surface area contributed by atoms with Crippen LogP contribution in [0.15, 0.2) is 28.3 Å². The fourth-order valence-corrected chi connectivity index (χ4v) is 1.49. The molecule has 1 heterocycles. The van der Waals surface area contributed by atoms with Crippen molar-refractivity contribution in [2.45, 2.75) is 26.0 Å². The summed E-state index contributed by atoms with van der Waals surface area (Å²) in [5.41, 5.74) is 2.55. The molecule has 1 aliphatic carbocycles. The van der Waals surface area contributed by atoms with Crippen LogP contribution in [0.2, 0.25) is 0 Å². The SMILES string of the molecule is CC1=CC=C(C)C2OC=NC12. The Kier molecular flexibility index (Phi) is 1.34. The average Bonchev–Trinajstić information content (AvgIpc) is 2.45. The van der Waals surface area contributed by atoms with Crippen LogP contribution in [0.25, 0.3) is 0 Å². The molecule has 58 valence electrons. The third-order valence-corrected chi connectivity index (χ3v) is 2.24. The Labute approximate surface area is 66.3 Å². The average molecular weight is 149 g/mol. The number of hydrogen-bond donors (Lipinski definition) is 0. The molecule has 0 bridgehead atoms. The monoisotopic (exact) mass is 149 g/mol. The smallest absolute Gasteiger partial charge is 0.171 e. The summed E-state index contributed by atoms with van der Waals surface area (Å²) in [4.78, 5) is 4.23. The summed E-state index contributed by atoms with van der Waals surface area (Å²) < 4.78 is 5.34. The van der Waals surface area contributed by atoms with Crippen molar-refractivity contribution >= 4 is 6.40 Å². The Morgan fingerprint density at radius 3 is 2.73 bits per heavy atom. The van der Waals surface area contributed by atoms with Crippen LogP contribution in [0.4, 0.5) is 0 Å². The van der Waals surface area contributed by atoms with Crippen molar-refractivity contribution in [1.29, 1.82) is 0 Å². The Morgan fingerprint density at radius 1 is 1.27 bits per heavy atom. The second-order valence-electron chi connectivity index (χ2n) is 3.08. The maximum absolute atomic E-state index is 5.34. The Balaban J connectivity index is 2.35. The lowest BCUT2D eigenvalue weighted by Crippen LogP contribution is -2.26. The predicted octanol–water partition coefficient (Wildman–Crippen LogP) is 1.69. The molecular formula is C9H11NO. The van der Waals surface area contributed by atoms with Crippen molar-refractivity contribution in [1.82, 2.24) is 0 Å². The summed E-state index contributed by atoms with van der Waals surface area (Å²) in [5, 5.41) is 0. The van der Waals surface area contributed by atoms with Gasteiger partial charge in [0.2, 0.25) is 0 Å². The standard InChI is InChI=1S/C9H11NO/c1-6-3-4-7(2)9-8(6)10-5-11-9/h3-5,8-9H,1-2H3. The molecule has 0 aromatic heterocycles. The lowest BCUT2D eigenvalue weighted by atomic mass is 9.93. The zero-order valence-electron chi connectivity index (χ0n) is 6.74. The number of nitrogens with zero attached hydrogens (tertiary/aromatic N) is 1. The van der Waals surface area contributed by atoms with Gasteiger partial charge in [0.15, 0.2) is 6.40 Å². The summed E-state index contributed by atoms with van der Waals surface area (Å²) in [6, 6.07) is 0.250. The van der Waals surface area contributed by atoms with Crippen LogP contribution in [-0.4, -0.2) is 18.5 Å². The largest absolute Gasteiger partial charge is 0.473 e. The second kappa shape index (κ2) is 2.22. The van der Waals surface area contributed by atoms with E-state index in [-0.39, 0.29) is 12.1 Å². The van der Waals surface area contributed by atoms with Gasteiger partial charge >= 0.3 is 0 Å². The van der Waals surface area contributed by atoms with Gasteiger partial charge in [0, 0.05) is 0 Å². The molecule has 2 heteroatoms. The van der Waals surface area contributed by atoms with E-state index in [0.717, 1.165) is 0 Å². The van der Waals surface area contributed by atoms with E-state index in [1.807, 2.05) is 0 Å². The van der Waals surface area contributed by atoms with E-state index in [2.05, 4.69) is 31.0 Å². The van der Waals surface area contributed by atoms with Crippen LogP contribution in [0, 0.1) is 0 Å². The molecule has 0 radical (unpaired) electrons. The van der Waals surface area contributed by atoms with Crippen molar-refractivity contribution < 1.29 is 4.74 Å². The molecule has 1 aliphatic heterocycles. The van der Waals surface area contributed by atoms with Crippen LogP contribution < -0.4 is 0 Å². The molecule has 0 spiro atoms. The molecule has 0 N–H and O–H groups in total. The summed E-state index contributed by atoms with van der Waals surface area (Å²) in [5.74, 6) is 0. The molecule has 2 rings (SSSR count). The van der Waals surface area contributed by atoms with E-state index in [0.29, 0.717) is 0 Å². The van der Waals surface area contributed by atoms with E-state index in [1.165, 1.54) is 11.1 Å². The van der Waals surface area contributed by atoms with Crippen molar-refractivity contribution in [3.63, 3.8) is 0 Å². The topological polar surface area (TPSA) is 21.6 Å². The molecule has 0 aromatic carbocycles. The number of rotatable bonds is 0. The van der Waals surface area contributed by atoms with Gasteiger partial charge in [-0.3, -0.25) is 0 Å². The zero-order chi connectivity index (χ0) is 7.84. The minimum atomic E-state index is 0.181. The van der Waals surface area contributed by atoms with Gasteiger partial charge in [0.25, 0.3) is 0 Å².